The maximum absolute atomic E-state index is 12.2. The summed E-state index contributed by atoms with van der Waals surface area (Å²) in [5.41, 5.74) is 1.78. The molecule has 7 nitrogen and oxygen atoms in total. The van der Waals surface area contributed by atoms with Gasteiger partial charge in [-0.25, -0.2) is 8.42 Å². The predicted molar refractivity (Wildman–Crippen MR) is 104 cm³/mol. The minimum Gasteiger partial charge on any atom is -0.491 e. The van der Waals surface area contributed by atoms with Crippen molar-refractivity contribution in [3.05, 3.63) is 65.2 Å². The van der Waals surface area contributed by atoms with E-state index in [9.17, 15) is 13.2 Å². The first kappa shape index (κ1) is 21.4. The molecule has 0 heterocycles. The summed E-state index contributed by atoms with van der Waals surface area (Å²) in [6.45, 7) is 1.09. The van der Waals surface area contributed by atoms with E-state index in [1.54, 1.807) is 49.6 Å². The third-order valence-electron chi connectivity index (χ3n) is 3.76. The molecule has 2 rings (SSSR count). The number of hydrogen-bond acceptors (Lipinski definition) is 6. The Morgan fingerprint density at radius 1 is 1.11 bits per heavy atom. The number of nitrogens with one attached hydrogen (secondary N) is 1. The highest BCUT2D eigenvalue weighted by atomic mass is 32.2. The summed E-state index contributed by atoms with van der Waals surface area (Å²) in [6, 6.07) is 15.4. The van der Waals surface area contributed by atoms with Crippen LogP contribution in [0.4, 0.5) is 0 Å². The molecular formula is C20H22N2O5S. The van der Waals surface area contributed by atoms with Gasteiger partial charge in [0.05, 0.1) is 24.0 Å². The highest BCUT2D eigenvalue weighted by molar-refractivity contribution is 7.91. The number of methoxy groups -OCH3 is 1. The Balaban J connectivity index is 1.85. The molecule has 0 aliphatic rings. The van der Waals surface area contributed by atoms with Gasteiger partial charge < -0.3 is 14.8 Å². The van der Waals surface area contributed by atoms with Crippen molar-refractivity contribution in [2.24, 2.45) is 0 Å². The molecule has 0 aromatic heterocycles. The van der Waals surface area contributed by atoms with Gasteiger partial charge in [-0.3, -0.25) is 4.79 Å². The Labute approximate surface area is 164 Å². The number of nitrogens with zero attached hydrogens (tertiary/aromatic N) is 1. The average molecular weight is 402 g/mol. The van der Waals surface area contributed by atoms with E-state index in [1.165, 1.54) is 0 Å². The van der Waals surface area contributed by atoms with E-state index in [4.69, 9.17) is 14.7 Å². The van der Waals surface area contributed by atoms with Gasteiger partial charge in [0, 0.05) is 13.7 Å². The van der Waals surface area contributed by atoms with Gasteiger partial charge in [0.15, 0.2) is 9.84 Å². The fraction of sp³-hybridized carbons (Fsp3) is 0.300. The van der Waals surface area contributed by atoms with Crippen molar-refractivity contribution in [3.63, 3.8) is 0 Å². The molecule has 0 aliphatic carbocycles. The second-order valence-electron chi connectivity index (χ2n) is 6.11. The minimum absolute atomic E-state index is 0.201. The van der Waals surface area contributed by atoms with Gasteiger partial charge in [0.25, 0.3) is 0 Å². The molecule has 0 spiro atoms. The van der Waals surface area contributed by atoms with Crippen molar-refractivity contribution in [1.29, 1.82) is 5.26 Å². The number of nitriles is 1. The number of amides is 1. The summed E-state index contributed by atoms with van der Waals surface area (Å²) in [6.07, 6.45) is 0. The van der Waals surface area contributed by atoms with Crippen LogP contribution in [0.1, 0.15) is 16.7 Å². The number of carbonyl (C=O) groups excluding carboxylic acids is 1. The molecule has 2 aromatic rings. The molecule has 28 heavy (non-hydrogen) atoms. The van der Waals surface area contributed by atoms with E-state index in [2.05, 4.69) is 5.32 Å². The molecule has 0 radical (unpaired) electrons. The number of sulfone groups is 1. The van der Waals surface area contributed by atoms with Crippen LogP contribution in [0.5, 0.6) is 5.75 Å². The lowest BCUT2D eigenvalue weighted by molar-refractivity contribution is -0.118. The van der Waals surface area contributed by atoms with Crippen molar-refractivity contribution in [3.8, 4) is 11.8 Å². The summed E-state index contributed by atoms with van der Waals surface area (Å²) in [7, 11) is -2.03. The summed E-state index contributed by atoms with van der Waals surface area (Å²) >= 11 is 0. The standard InChI is InChI=1S/C20H22N2O5S/c1-26-9-10-27-19-4-2-3-18(11-19)13-22-20(23)15-28(24,25)14-17-7-5-16(12-21)6-8-17/h2-8,11H,9-10,13-15H2,1H3,(H,22,23). The van der Waals surface area contributed by atoms with Crippen molar-refractivity contribution in [2.45, 2.75) is 12.3 Å². The van der Waals surface area contributed by atoms with Crippen LogP contribution in [0, 0.1) is 11.3 Å². The molecule has 0 bridgehead atoms. The second kappa shape index (κ2) is 10.4. The van der Waals surface area contributed by atoms with E-state index in [0.717, 1.165) is 5.56 Å². The lowest BCUT2D eigenvalue weighted by Crippen LogP contribution is -2.30. The van der Waals surface area contributed by atoms with Crippen molar-refractivity contribution >= 4 is 15.7 Å². The highest BCUT2D eigenvalue weighted by Crippen LogP contribution is 2.13. The van der Waals surface area contributed by atoms with Crippen LogP contribution < -0.4 is 10.1 Å². The van der Waals surface area contributed by atoms with E-state index < -0.39 is 21.5 Å². The minimum atomic E-state index is -3.61. The first-order chi connectivity index (χ1) is 13.4. The largest absolute Gasteiger partial charge is 0.491 e. The Bertz CT molecular complexity index is 934. The topological polar surface area (TPSA) is 105 Å². The van der Waals surface area contributed by atoms with Crippen LogP contribution in [0.2, 0.25) is 0 Å². The molecule has 0 saturated carbocycles. The number of benzene rings is 2. The van der Waals surface area contributed by atoms with Gasteiger partial charge in [-0.2, -0.15) is 5.26 Å². The Kier molecular flexibility index (Phi) is 7.99. The highest BCUT2D eigenvalue weighted by Gasteiger charge is 2.17. The van der Waals surface area contributed by atoms with E-state index in [0.29, 0.717) is 30.1 Å². The van der Waals surface area contributed by atoms with Crippen LogP contribution in [0.3, 0.4) is 0 Å². The van der Waals surface area contributed by atoms with Gasteiger partial charge in [-0.15, -0.1) is 0 Å². The molecule has 0 saturated heterocycles. The van der Waals surface area contributed by atoms with Crippen LogP contribution >= 0.6 is 0 Å². The molecule has 0 fully saturated rings. The predicted octanol–water partition coefficient (Wildman–Crippen LogP) is 1.81. The molecule has 2 aromatic carbocycles. The SMILES string of the molecule is COCCOc1cccc(CNC(=O)CS(=O)(=O)Cc2ccc(C#N)cc2)c1. The van der Waals surface area contributed by atoms with E-state index in [1.807, 2.05) is 12.1 Å². The molecule has 148 valence electrons. The van der Waals surface area contributed by atoms with Crippen LogP contribution in [0.25, 0.3) is 0 Å². The van der Waals surface area contributed by atoms with E-state index >= 15 is 0 Å². The molecule has 1 N–H and O–H groups in total. The summed E-state index contributed by atoms with van der Waals surface area (Å²) in [5, 5.41) is 11.4. The molecule has 1 amide bonds. The second-order valence-corrected chi connectivity index (χ2v) is 8.17. The first-order valence-corrected chi connectivity index (χ1v) is 10.4. The quantitative estimate of drug-likeness (QED) is 0.608. The van der Waals surface area contributed by atoms with Gasteiger partial charge in [-0.05, 0) is 35.4 Å². The number of ether oxygens (including phenoxy) is 2. The fourth-order valence-electron chi connectivity index (χ4n) is 2.42. The zero-order valence-corrected chi connectivity index (χ0v) is 16.4. The number of hydrogen-bond donors (Lipinski definition) is 1. The normalized spacial score (nSPS) is 10.9. The Hall–Kier alpha value is -2.89. The number of carbonyl (C=O) groups is 1. The lowest BCUT2D eigenvalue weighted by atomic mass is 10.2. The molecule has 0 atom stereocenters. The van der Waals surface area contributed by atoms with Gasteiger partial charge in [-0.1, -0.05) is 24.3 Å². The lowest BCUT2D eigenvalue weighted by Gasteiger charge is -2.09. The Morgan fingerprint density at radius 2 is 1.86 bits per heavy atom. The molecule has 0 unspecified atom stereocenters. The van der Waals surface area contributed by atoms with Gasteiger partial charge in [0.1, 0.15) is 18.1 Å². The van der Waals surface area contributed by atoms with Crippen LogP contribution in [-0.2, 0) is 31.7 Å². The zero-order valence-electron chi connectivity index (χ0n) is 15.6. The zero-order chi connectivity index (χ0) is 20.4. The monoisotopic (exact) mass is 402 g/mol. The molecule has 8 heteroatoms. The van der Waals surface area contributed by atoms with Crippen molar-refractivity contribution in [2.75, 3.05) is 26.1 Å². The average Bonchev–Trinajstić information content (AvgIpc) is 2.67. The van der Waals surface area contributed by atoms with E-state index in [-0.39, 0.29) is 12.3 Å². The van der Waals surface area contributed by atoms with Crippen molar-refractivity contribution in [1.82, 2.24) is 5.32 Å². The maximum atomic E-state index is 12.2. The van der Waals surface area contributed by atoms with Gasteiger partial charge >= 0.3 is 0 Å². The third kappa shape index (κ3) is 7.39. The smallest absolute Gasteiger partial charge is 0.235 e. The molecule has 0 aliphatic heterocycles. The summed E-state index contributed by atoms with van der Waals surface area (Å²) < 4.78 is 34.9. The summed E-state index contributed by atoms with van der Waals surface area (Å²) in [4.78, 5) is 12.0. The van der Waals surface area contributed by atoms with Crippen molar-refractivity contribution < 1.29 is 22.7 Å². The van der Waals surface area contributed by atoms with Crippen LogP contribution in [0.15, 0.2) is 48.5 Å². The fourth-order valence-corrected chi connectivity index (χ4v) is 3.72. The summed E-state index contributed by atoms with van der Waals surface area (Å²) in [5.74, 6) is -0.775. The van der Waals surface area contributed by atoms with Crippen LogP contribution in [-0.4, -0.2) is 40.4 Å². The number of rotatable bonds is 10. The first-order valence-electron chi connectivity index (χ1n) is 8.59. The maximum Gasteiger partial charge on any atom is 0.235 e. The van der Waals surface area contributed by atoms with Gasteiger partial charge in [0.2, 0.25) is 5.91 Å². The Morgan fingerprint density at radius 3 is 2.54 bits per heavy atom. The third-order valence-corrected chi connectivity index (χ3v) is 5.24. The molecular weight excluding hydrogens is 380 g/mol.